The molecule has 1 fully saturated rings. The zero-order valence-corrected chi connectivity index (χ0v) is 13.4. The lowest BCUT2D eigenvalue weighted by Gasteiger charge is -2.39. The molecule has 1 spiro atoms. The number of Topliss-reactive ketones (excluding diaryl/α,β-unsaturated/α-hetero) is 1. The fourth-order valence-electron chi connectivity index (χ4n) is 3.88. The van der Waals surface area contributed by atoms with Crippen molar-refractivity contribution in [2.45, 2.75) is 46.1 Å². The highest BCUT2D eigenvalue weighted by molar-refractivity contribution is 6.10. The zero-order valence-electron chi connectivity index (χ0n) is 13.4. The Morgan fingerprint density at radius 2 is 1.95 bits per heavy atom. The van der Waals surface area contributed by atoms with Gasteiger partial charge in [-0.15, -0.1) is 0 Å². The molecule has 1 atom stereocenters. The van der Waals surface area contributed by atoms with E-state index in [1.54, 1.807) is 13.0 Å². The van der Waals surface area contributed by atoms with Crippen molar-refractivity contribution in [1.29, 1.82) is 0 Å². The molecular weight excluding hydrogens is 282 g/mol. The van der Waals surface area contributed by atoms with Gasteiger partial charge in [-0.1, -0.05) is 5.57 Å². The number of ketones is 1. The minimum atomic E-state index is -1.37. The monoisotopic (exact) mass is 303 g/mol. The number of rotatable bonds is 2. The second-order valence-corrected chi connectivity index (χ2v) is 6.78. The van der Waals surface area contributed by atoms with Crippen LogP contribution in [0.25, 0.3) is 0 Å². The number of carbonyl (C=O) groups excluding carboxylic acids is 2. The lowest BCUT2D eigenvalue weighted by atomic mass is 9.67. The van der Waals surface area contributed by atoms with Crippen molar-refractivity contribution < 1.29 is 19.9 Å². The maximum absolute atomic E-state index is 12.7. The molecule has 2 N–H and O–H groups in total. The average Bonchev–Trinajstić information content (AvgIpc) is 3.18. The van der Waals surface area contributed by atoms with E-state index in [4.69, 9.17) is 0 Å². The molecule has 22 heavy (non-hydrogen) atoms. The van der Waals surface area contributed by atoms with Gasteiger partial charge < -0.3 is 5.11 Å². The fraction of sp³-hybridized carbons (Fsp3) is 0.529. The van der Waals surface area contributed by atoms with E-state index < -0.39 is 16.9 Å². The summed E-state index contributed by atoms with van der Waals surface area (Å²) in [5, 5.41) is 21.2. The average molecular weight is 303 g/mol. The van der Waals surface area contributed by atoms with Crippen molar-refractivity contribution in [2.24, 2.45) is 5.41 Å². The van der Waals surface area contributed by atoms with Crippen molar-refractivity contribution in [1.82, 2.24) is 5.06 Å². The van der Waals surface area contributed by atoms with Crippen LogP contribution >= 0.6 is 0 Å². The van der Waals surface area contributed by atoms with Crippen molar-refractivity contribution in [2.75, 3.05) is 6.54 Å². The number of hydroxylamine groups is 2. The highest BCUT2D eigenvalue weighted by atomic mass is 16.5. The first-order valence-electron chi connectivity index (χ1n) is 7.51. The first-order valence-corrected chi connectivity index (χ1v) is 7.51. The molecule has 1 saturated carbocycles. The Hall–Kier alpha value is -1.72. The second kappa shape index (κ2) is 4.40. The van der Waals surface area contributed by atoms with Gasteiger partial charge in [0.2, 0.25) is 5.91 Å². The molecule has 3 aliphatic carbocycles. The lowest BCUT2D eigenvalue weighted by Crippen LogP contribution is -2.49. The van der Waals surface area contributed by atoms with Gasteiger partial charge in [-0.25, -0.2) is 5.06 Å². The summed E-state index contributed by atoms with van der Waals surface area (Å²) in [6.07, 6.45) is 3.33. The van der Waals surface area contributed by atoms with E-state index in [0.29, 0.717) is 10.6 Å². The number of hydrogen-bond acceptors (Lipinski definition) is 4. The van der Waals surface area contributed by atoms with E-state index >= 15 is 0 Å². The van der Waals surface area contributed by atoms with Gasteiger partial charge in [0.05, 0.1) is 6.54 Å². The number of aliphatic hydroxyl groups is 1. The maximum atomic E-state index is 12.7. The van der Waals surface area contributed by atoms with Gasteiger partial charge in [-0.2, -0.15) is 0 Å². The largest absolute Gasteiger partial charge is 0.381 e. The number of allylic oxidation sites excluding steroid dienone is 2. The smallest absolute Gasteiger partial charge is 0.243 e. The van der Waals surface area contributed by atoms with Crippen LogP contribution in [0.1, 0.15) is 40.5 Å². The molecule has 1 amide bonds. The number of amides is 1. The summed E-state index contributed by atoms with van der Waals surface area (Å²) in [5.74, 6) is -0.700. The van der Waals surface area contributed by atoms with Gasteiger partial charge in [0.1, 0.15) is 5.60 Å². The van der Waals surface area contributed by atoms with Crippen LogP contribution in [-0.2, 0) is 9.59 Å². The van der Waals surface area contributed by atoms with Crippen LogP contribution in [0.2, 0.25) is 0 Å². The molecule has 0 aromatic carbocycles. The summed E-state index contributed by atoms with van der Waals surface area (Å²) in [7, 11) is 0. The topological polar surface area (TPSA) is 77.8 Å². The molecule has 0 aromatic heterocycles. The van der Waals surface area contributed by atoms with Gasteiger partial charge in [-0.3, -0.25) is 14.8 Å². The molecule has 0 aromatic rings. The summed E-state index contributed by atoms with van der Waals surface area (Å²) in [5.41, 5.74) is 2.10. The Labute approximate surface area is 129 Å². The summed E-state index contributed by atoms with van der Waals surface area (Å²) >= 11 is 0. The molecule has 3 aliphatic rings. The number of fused-ring (bicyclic) bond motifs is 1. The lowest BCUT2D eigenvalue weighted by molar-refractivity contribution is -0.160. The van der Waals surface area contributed by atoms with Gasteiger partial charge in [0, 0.05) is 17.9 Å². The molecule has 0 heterocycles. The van der Waals surface area contributed by atoms with Crippen molar-refractivity contribution >= 4 is 11.7 Å². The van der Waals surface area contributed by atoms with E-state index in [2.05, 4.69) is 0 Å². The second-order valence-electron chi connectivity index (χ2n) is 6.78. The molecule has 0 aliphatic heterocycles. The zero-order chi connectivity index (χ0) is 16.4. The third kappa shape index (κ3) is 1.72. The highest BCUT2D eigenvalue weighted by Crippen LogP contribution is 2.64. The van der Waals surface area contributed by atoms with E-state index in [0.717, 1.165) is 35.1 Å². The first kappa shape index (κ1) is 15.2. The van der Waals surface area contributed by atoms with Gasteiger partial charge >= 0.3 is 0 Å². The van der Waals surface area contributed by atoms with Crippen molar-refractivity contribution in [3.8, 4) is 0 Å². The Morgan fingerprint density at radius 3 is 2.45 bits per heavy atom. The normalized spacial score (nSPS) is 29.0. The van der Waals surface area contributed by atoms with Crippen LogP contribution in [0.15, 0.2) is 33.9 Å². The quantitative estimate of drug-likeness (QED) is 0.603. The highest BCUT2D eigenvalue weighted by Gasteiger charge is 2.65. The van der Waals surface area contributed by atoms with Gasteiger partial charge in [-0.05, 0) is 56.4 Å². The van der Waals surface area contributed by atoms with Crippen LogP contribution in [0.3, 0.4) is 0 Å². The molecule has 118 valence electrons. The number of nitrogens with zero attached hydrogens (tertiary/aromatic N) is 1. The van der Waals surface area contributed by atoms with Crippen LogP contribution in [0.4, 0.5) is 0 Å². The third-order valence-electron chi connectivity index (χ3n) is 5.54. The van der Waals surface area contributed by atoms with E-state index in [-0.39, 0.29) is 12.3 Å². The minimum Gasteiger partial charge on any atom is -0.381 e. The first-order chi connectivity index (χ1) is 10.1. The Balaban J connectivity index is 2.10. The molecule has 5 heteroatoms. The van der Waals surface area contributed by atoms with Crippen molar-refractivity contribution in [3.63, 3.8) is 0 Å². The van der Waals surface area contributed by atoms with E-state index in [9.17, 15) is 19.9 Å². The maximum Gasteiger partial charge on any atom is 0.243 e. The summed E-state index contributed by atoms with van der Waals surface area (Å²) in [6, 6.07) is 0. The molecular formula is C17H21NO4. The fourth-order valence-corrected chi connectivity index (χ4v) is 3.88. The molecule has 0 bridgehead atoms. The van der Waals surface area contributed by atoms with Crippen LogP contribution in [0.5, 0.6) is 0 Å². The van der Waals surface area contributed by atoms with Crippen molar-refractivity contribution in [3.05, 3.63) is 33.9 Å². The SMILES string of the molecule is CC(=O)N(O)CC1=C(C)C=C2C(=O)[C@](C)(O)C3(CC3)C(C)=C21. The number of carbonyl (C=O) groups is 2. The molecule has 0 saturated heterocycles. The molecule has 0 radical (unpaired) electrons. The standard InChI is InChI=1S/C17H21NO4/c1-9-7-12-14(13(9)8-18(22)11(3)19)10(2)17(5-6-17)16(4,21)15(12)20/h7,21-22H,5-6,8H2,1-4H3/t16-/m0/s1. The minimum absolute atomic E-state index is 0.0549. The molecule has 3 rings (SSSR count). The predicted molar refractivity (Wildman–Crippen MR) is 80.0 cm³/mol. The van der Waals surface area contributed by atoms with E-state index in [1.165, 1.54) is 6.92 Å². The van der Waals surface area contributed by atoms with Gasteiger partial charge in [0.25, 0.3) is 0 Å². The van der Waals surface area contributed by atoms with Crippen LogP contribution in [-0.4, -0.2) is 39.2 Å². The Bertz CT molecular complexity index is 689. The Kier molecular flexibility index (Phi) is 3.03. The third-order valence-corrected chi connectivity index (χ3v) is 5.54. The molecule has 5 nitrogen and oxygen atoms in total. The number of hydrogen-bond donors (Lipinski definition) is 2. The summed E-state index contributed by atoms with van der Waals surface area (Å²) in [4.78, 5) is 24.0. The summed E-state index contributed by atoms with van der Waals surface area (Å²) < 4.78 is 0. The molecule has 0 unspecified atom stereocenters. The van der Waals surface area contributed by atoms with Crippen LogP contribution < -0.4 is 0 Å². The van der Waals surface area contributed by atoms with Gasteiger partial charge in [0.15, 0.2) is 5.78 Å². The van der Waals surface area contributed by atoms with Crippen LogP contribution in [0, 0.1) is 5.41 Å². The Morgan fingerprint density at radius 1 is 1.36 bits per heavy atom. The van der Waals surface area contributed by atoms with E-state index in [1.807, 2.05) is 13.8 Å². The summed E-state index contributed by atoms with van der Waals surface area (Å²) in [6.45, 7) is 6.76. The predicted octanol–water partition coefficient (Wildman–Crippen LogP) is 1.91.